The van der Waals surface area contributed by atoms with Gasteiger partial charge in [-0.3, -0.25) is 4.79 Å². The van der Waals surface area contributed by atoms with Crippen LogP contribution in [0.2, 0.25) is 0 Å². The summed E-state index contributed by atoms with van der Waals surface area (Å²) in [6.45, 7) is 4.68. The number of fused-ring (bicyclic) bond motifs is 1. The van der Waals surface area contributed by atoms with Crippen LogP contribution in [0.4, 0.5) is 0 Å². The molecule has 2 atom stereocenters. The Labute approximate surface area is 123 Å². The number of para-hydroxylation sites is 1. The van der Waals surface area contributed by atoms with Gasteiger partial charge in [-0.2, -0.15) is 0 Å². The topological polar surface area (TPSA) is 46.9 Å². The van der Waals surface area contributed by atoms with Gasteiger partial charge in [-0.25, -0.2) is 4.98 Å². The predicted octanol–water partition coefficient (Wildman–Crippen LogP) is 3.10. The van der Waals surface area contributed by atoms with Gasteiger partial charge in [-0.15, -0.1) is 11.6 Å². The van der Waals surface area contributed by atoms with E-state index >= 15 is 0 Å². The number of hydrogen-bond acceptors (Lipinski definition) is 2. The number of imidazole rings is 1. The Balaban J connectivity index is 2.16. The Kier molecular flexibility index (Phi) is 3.42. The summed E-state index contributed by atoms with van der Waals surface area (Å²) < 4.78 is 2.22. The number of carbonyl (C=O) groups excluding carboxylic acids is 1. The highest BCUT2D eigenvalue weighted by Gasteiger charge is 2.26. The van der Waals surface area contributed by atoms with Crippen LogP contribution >= 0.6 is 11.6 Å². The number of amides is 1. The van der Waals surface area contributed by atoms with E-state index in [4.69, 9.17) is 11.6 Å². The van der Waals surface area contributed by atoms with Crippen LogP contribution in [-0.2, 0) is 4.79 Å². The van der Waals surface area contributed by atoms with Crippen molar-refractivity contribution in [3.05, 3.63) is 29.6 Å². The minimum Gasteiger partial charge on any atom is -0.354 e. The number of alkyl halides is 1. The molecular weight excluding hydrogens is 274 g/mol. The second-order valence-electron chi connectivity index (χ2n) is 5.40. The number of nitrogens with one attached hydrogen (secondary N) is 1. The molecule has 0 saturated carbocycles. The summed E-state index contributed by atoms with van der Waals surface area (Å²) in [7, 11) is 0. The third-order valence-corrected chi connectivity index (χ3v) is 4.09. The predicted molar refractivity (Wildman–Crippen MR) is 80.0 cm³/mol. The van der Waals surface area contributed by atoms with E-state index in [1.807, 2.05) is 19.1 Å². The van der Waals surface area contributed by atoms with Gasteiger partial charge in [-0.05, 0) is 31.9 Å². The molecule has 1 amide bonds. The first-order chi connectivity index (χ1) is 9.58. The molecule has 3 rings (SSSR count). The molecule has 2 heterocycles. The molecule has 106 valence electrons. The molecule has 4 nitrogen and oxygen atoms in total. The van der Waals surface area contributed by atoms with Crippen LogP contribution in [0.5, 0.6) is 0 Å². The fourth-order valence-corrected chi connectivity index (χ4v) is 3.08. The Hall–Kier alpha value is -1.55. The summed E-state index contributed by atoms with van der Waals surface area (Å²) in [6, 6.07) is 6.35. The molecule has 1 fully saturated rings. The van der Waals surface area contributed by atoms with Gasteiger partial charge >= 0.3 is 0 Å². The van der Waals surface area contributed by atoms with E-state index < -0.39 is 0 Å². The molecule has 1 N–H and O–H groups in total. The highest BCUT2D eigenvalue weighted by Crippen LogP contribution is 2.32. The molecule has 2 aromatic rings. The quantitative estimate of drug-likeness (QED) is 0.864. The van der Waals surface area contributed by atoms with Gasteiger partial charge in [0.15, 0.2) is 0 Å². The van der Waals surface area contributed by atoms with Gasteiger partial charge in [0.2, 0.25) is 5.91 Å². The number of nitrogens with zero attached hydrogens (tertiary/aromatic N) is 2. The molecule has 1 aliphatic heterocycles. The lowest BCUT2D eigenvalue weighted by atomic mass is 10.1. The van der Waals surface area contributed by atoms with Crippen LogP contribution < -0.4 is 5.32 Å². The second-order valence-corrected chi connectivity index (χ2v) is 6.05. The molecule has 0 spiro atoms. The first-order valence-electron chi connectivity index (χ1n) is 6.96. The van der Waals surface area contributed by atoms with Gasteiger partial charge in [0.05, 0.1) is 22.5 Å². The number of piperidine rings is 1. The maximum atomic E-state index is 11.4. The zero-order chi connectivity index (χ0) is 14.3. The van der Waals surface area contributed by atoms with Crippen LogP contribution in [0.25, 0.3) is 11.0 Å². The summed E-state index contributed by atoms with van der Waals surface area (Å²) in [5, 5.41) is 2.79. The lowest BCUT2D eigenvalue weighted by Gasteiger charge is -2.27. The van der Waals surface area contributed by atoms with Crippen molar-refractivity contribution in [2.24, 2.45) is 0 Å². The van der Waals surface area contributed by atoms with Crippen molar-refractivity contribution in [3.63, 3.8) is 0 Å². The third-order valence-electron chi connectivity index (χ3n) is 3.90. The molecule has 1 aliphatic rings. The molecule has 1 saturated heterocycles. The summed E-state index contributed by atoms with van der Waals surface area (Å²) in [5.41, 5.74) is 3.30. The van der Waals surface area contributed by atoms with Gasteiger partial charge in [-0.1, -0.05) is 12.1 Å². The lowest BCUT2D eigenvalue weighted by molar-refractivity contribution is -0.122. The van der Waals surface area contributed by atoms with Crippen molar-refractivity contribution in [1.82, 2.24) is 14.9 Å². The SMILES string of the molecule is Cc1cccc2nc(C(C)Cl)n(C3CCC(=O)NC3)c12. The van der Waals surface area contributed by atoms with E-state index in [0.717, 1.165) is 23.3 Å². The zero-order valence-corrected chi connectivity index (χ0v) is 12.4. The number of rotatable bonds is 2. The maximum absolute atomic E-state index is 11.4. The van der Waals surface area contributed by atoms with Crippen molar-refractivity contribution in [2.75, 3.05) is 6.54 Å². The number of benzene rings is 1. The first kappa shape index (κ1) is 13.4. The third kappa shape index (κ3) is 2.18. The van der Waals surface area contributed by atoms with Crippen LogP contribution in [0, 0.1) is 6.92 Å². The van der Waals surface area contributed by atoms with E-state index in [1.165, 1.54) is 5.56 Å². The monoisotopic (exact) mass is 291 g/mol. The first-order valence-corrected chi connectivity index (χ1v) is 7.40. The summed E-state index contributed by atoms with van der Waals surface area (Å²) >= 11 is 6.31. The number of hydrogen-bond donors (Lipinski definition) is 1. The largest absolute Gasteiger partial charge is 0.354 e. The number of aromatic nitrogens is 2. The van der Waals surface area contributed by atoms with E-state index in [9.17, 15) is 4.79 Å². The molecular formula is C15H18ClN3O. The lowest BCUT2D eigenvalue weighted by Crippen LogP contribution is -2.36. The Morgan fingerprint density at radius 2 is 2.30 bits per heavy atom. The molecule has 1 aromatic carbocycles. The van der Waals surface area contributed by atoms with Crippen LogP contribution in [0.3, 0.4) is 0 Å². The molecule has 5 heteroatoms. The Morgan fingerprint density at radius 1 is 1.50 bits per heavy atom. The van der Waals surface area contributed by atoms with Crippen LogP contribution in [0.1, 0.15) is 42.6 Å². The van der Waals surface area contributed by atoms with Crippen molar-refractivity contribution >= 4 is 28.5 Å². The standard InChI is InChI=1S/C15H18ClN3O/c1-9-4-3-5-12-14(9)19(15(18-12)10(2)16)11-6-7-13(20)17-8-11/h3-5,10-11H,6-8H2,1-2H3,(H,17,20). The van der Waals surface area contributed by atoms with Crippen molar-refractivity contribution < 1.29 is 4.79 Å². The molecule has 0 bridgehead atoms. The summed E-state index contributed by atoms with van der Waals surface area (Å²) in [4.78, 5) is 16.1. The minimum absolute atomic E-state index is 0.128. The van der Waals surface area contributed by atoms with Crippen molar-refractivity contribution in [3.8, 4) is 0 Å². The second kappa shape index (κ2) is 5.09. The van der Waals surface area contributed by atoms with E-state index in [-0.39, 0.29) is 17.3 Å². The molecule has 2 unspecified atom stereocenters. The smallest absolute Gasteiger partial charge is 0.220 e. The molecule has 20 heavy (non-hydrogen) atoms. The van der Waals surface area contributed by atoms with Crippen molar-refractivity contribution in [1.29, 1.82) is 0 Å². The van der Waals surface area contributed by atoms with Crippen LogP contribution in [-0.4, -0.2) is 22.0 Å². The number of aryl methyl sites for hydroxylation is 1. The van der Waals surface area contributed by atoms with E-state index in [0.29, 0.717) is 13.0 Å². The fraction of sp³-hybridized carbons (Fsp3) is 0.467. The summed E-state index contributed by atoms with van der Waals surface area (Å²) in [6.07, 6.45) is 1.40. The van der Waals surface area contributed by atoms with E-state index in [1.54, 1.807) is 0 Å². The van der Waals surface area contributed by atoms with Crippen LogP contribution in [0.15, 0.2) is 18.2 Å². The fourth-order valence-electron chi connectivity index (χ4n) is 2.93. The Bertz CT molecular complexity index is 652. The van der Waals surface area contributed by atoms with E-state index in [2.05, 4.69) is 27.9 Å². The normalized spacial score (nSPS) is 20.9. The van der Waals surface area contributed by atoms with Gasteiger partial charge in [0.1, 0.15) is 5.82 Å². The molecule has 1 aromatic heterocycles. The highest BCUT2D eigenvalue weighted by molar-refractivity contribution is 6.20. The van der Waals surface area contributed by atoms with Crippen molar-refractivity contribution in [2.45, 2.75) is 38.1 Å². The van der Waals surface area contributed by atoms with Gasteiger partial charge in [0.25, 0.3) is 0 Å². The average molecular weight is 292 g/mol. The molecule has 0 aliphatic carbocycles. The van der Waals surface area contributed by atoms with Gasteiger partial charge in [0, 0.05) is 13.0 Å². The number of halogens is 1. The maximum Gasteiger partial charge on any atom is 0.220 e. The average Bonchev–Trinajstić information content (AvgIpc) is 2.81. The Morgan fingerprint density at radius 3 is 2.95 bits per heavy atom. The highest BCUT2D eigenvalue weighted by atomic mass is 35.5. The number of carbonyl (C=O) groups is 1. The minimum atomic E-state index is -0.153. The van der Waals surface area contributed by atoms with Gasteiger partial charge < -0.3 is 9.88 Å². The molecule has 0 radical (unpaired) electrons. The summed E-state index contributed by atoms with van der Waals surface area (Å²) in [5.74, 6) is 1.01. The zero-order valence-electron chi connectivity index (χ0n) is 11.7.